The Kier molecular flexibility index (Phi) is 3.89. The number of aryl methyl sites for hydroxylation is 1. The first-order chi connectivity index (χ1) is 9.51. The zero-order chi connectivity index (χ0) is 14.7. The number of halogens is 1. The molecule has 20 heavy (non-hydrogen) atoms. The van der Waals surface area contributed by atoms with Crippen LogP contribution in [0, 0.1) is 12.7 Å². The third-order valence-corrected chi connectivity index (χ3v) is 2.83. The molecular weight excluding hydrogens is 259 g/mol. The lowest BCUT2D eigenvalue weighted by Crippen LogP contribution is -2.18. The number of hydrogen-bond donors (Lipinski definition) is 2. The fourth-order valence-corrected chi connectivity index (χ4v) is 1.79. The van der Waals surface area contributed by atoms with Crippen LogP contribution in [0.25, 0.3) is 0 Å². The molecule has 0 bridgehead atoms. The summed E-state index contributed by atoms with van der Waals surface area (Å²) < 4.78 is 18.8. The minimum absolute atomic E-state index is 0.278. The van der Waals surface area contributed by atoms with E-state index in [0.717, 1.165) is 0 Å². The molecule has 0 radical (unpaired) electrons. The van der Waals surface area contributed by atoms with Crippen molar-refractivity contribution in [2.24, 2.45) is 0 Å². The molecule has 2 aromatic rings. The fraction of sp³-hybridized carbons (Fsp3) is 0.133. The van der Waals surface area contributed by atoms with Crippen molar-refractivity contribution in [3.05, 3.63) is 53.3 Å². The Morgan fingerprint density at radius 1 is 1.20 bits per heavy atom. The van der Waals surface area contributed by atoms with Crippen molar-refractivity contribution in [3.8, 4) is 11.5 Å². The summed E-state index contributed by atoms with van der Waals surface area (Å²) in [5, 5.41) is 2.53. The number of nitrogen functional groups attached to an aromatic ring is 1. The van der Waals surface area contributed by atoms with Crippen molar-refractivity contribution in [1.82, 2.24) is 5.32 Å². The molecule has 0 aliphatic heterocycles. The molecule has 1 amide bonds. The molecule has 104 valence electrons. The van der Waals surface area contributed by atoms with Crippen LogP contribution in [-0.4, -0.2) is 13.0 Å². The van der Waals surface area contributed by atoms with Crippen molar-refractivity contribution < 1.29 is 13.9 Å². The van der Waals surface area contributed by atoms with Gasteiger partial charge >= 0.3 is 0 Å². The summed E-state index contributed by atoms with van der Waals surface area (Å²) in [6.07, 6.45) is 0. The van der Waals surface area contributed by atoms with Gasteiger partial charge in [-0.1, -0.05) is 0 Å². The Bertz CT molecular complexity index is 656. The van der Waals surface area contributed by atoms with E-state index in [0.29, 0.717) is 28.3 Å². The van der Waals surface area contributed by atoms with Gasteiger partial charge in [0.2, 0.25) is 0 Å². The van der Waals surface area contributed by atoms with Gasteiger partial charge in [0.05, 0.1) is 5.56 Å². The van der Waals surface area contributed by atoms with Gasteiger partial charge < -0.3 is 15.8 Å². The van der Waals surface area contributed by atoms with Crippen molar-refractivity contribution in [2.45, 2.75) is 6.92 Å². The molecule has 0 aliphatic carbocycles. The van der Waals surface area contributed by atoms with Crippen molar-refractivity contribution >= 4 is 11.6 Å². The highest BCUT2D eigenvalue weighted by Crippen LogP contribution is 2.30. The Labute approximate surface area is 116 Å². The maximum atomic E-state index is 13.1. The second-order valence-corrected chi connectivity index (χ2v) is 4.35. The van der Waals surface area contributed by atoms with Crippen LogP contribution in [0.5, 0.6) is 11.5 Å². The lowest BCUT2D eigenvalue weighted by Gasteiger charge is -2.13. The number of nitrogens with one attached hydrogen (secondary N) is 1. The first-order valence-electron chi connectivity index (χ1n) is 6.07. The lowest BCUT2D eigenvalue weighted by atomic mass is 10.1. The number of rotatable bonds is 3. The third-order valence-electron chi connectivity index (χ3n) is 2.83. The van der Waals surface area contributed by atoms with E-state index in [-0.39, 0.29) is 11.7 Å². The smallest absolute Gasteiger partial charge is 0.254 e. The van der Waals surface area contributed by atoms with Crippen LogP contribution in [0.15, 0.2) is 36.4 Å². The molecule has 4 nitrogen and oxygen atoms in total. The number of carbonyl (C=O) groups is 1. The average Bonchev–Trinajstić information content (AvgIpc) is 2.41. The van der Waals surface area contributed by atoms with Crippen LogP contribution in [-0.2, 0) is 0 Å². The number of carbonyl (C=O) groups excluding carboxylic acids is 1. The number of benzene rings is 2. The minimum atomic E-state index is -0.339. The van der Waals surface area contributed by atoms with Crippen LogP contribution in [0.4, 0.5) is 10.1 Å². The molecule has 0 saturated carbocycles. The lowest BCUT2D eigenvalue weighted by molar-refractivity contribution is 0.0961. The summed E-state index contributed by atoms with van der Waals surface area (Å²) in [5.41, 5.74) is 7.19. The summed E-state index contributed by atoms with van der Waals surface area (Å²) in [6.45, 7) is 1.73. The van der Waals surface area contributed by atoms with E-state index in [2.05, 4.69) is 5.32 Å². The molecule has 0 aromatic heterocycles. The van der Waals surface area contributed by atoms with Crippen molar-refractivity contribution in [2.75, 3.05) is 12.8 Å². The standard InChI is InChI=1S/C15H15FN2O2/c1-9-7-10(16)3-6-13(9)20-14-8-11(17)4-5-12(14)15(19)18-2/h3-8H,17H2,1-2H3,(H,18,19). The maximum absolute atomic E-state index is 13.1. The highest BCUT2D eigenvalue weighted by atomic mass is 19.1. The maximum Gasteiger partial charge on any atom is 0.254 e. The quantitative estimate of drug-likeness (QED) is 0.846. The number of amides is 1. The molecule has 0 unspecified atom stereocenters. The largest absolute Gasteiger partial charge is 0.456 e. The molecule has 3 N–H and O–H groups in total. The topological polar surface area (TPSA) is 64.4 Å². The van der Waals surface area contributed by atoms with Crippen molar-refractivity contribution in [3.63, 3.8) is 0 Å². The molecule has 0 aliphatic rings. The van der Waals surface area contributed by atoms with E-state index in [1.807, 2.05) is 0 Å². The zero-order valence-electron chi connectivity index (χ0n) is 11.2. The molecule has 0 atom stereocenters. The van der Waals surface area contributed by atoms with Gasteiger partial charge in [-0.15, -0.1) is 0 Å². The van der Waals surface area contributed by atoms with E-state index >= 15 is 0 Å². The Morgan fingerprint density at radius 3 is 2.60 bits per heavy atom. The van der Waals surface area contributed by atoms with E-state index in [4.69, 9.17) is 10.5 Å². The predicted octanol–water partition coefficient (Wildman–Crippen LogP) is 2.87. The third kappa shape index (κ3) is 2.88. The molecule has 2 aromatic carbocycles. The molecule has 0 heterocycles. The van der Waals surface area contributed by atoms with Crippen LogP contribution in [0.3, 0.4) is 0 Å². The van der Waals surface area contributed by atoms with Crippen molar-refractivity contribution in [1.29, 1.82) is 0 Å². The second-order valence-electron chi connectivity index (χ2n) is 4.35. The first kappa shape index (κ1) is 13.9. The first-order valence-corrected chi connectivity index (χ1v) is 6.07. The van der Waals surface area contributed by atoms with Gasteiger partial charge in [0.25, 0.3) is 5.91 Å². The van der Waals surface area contributed by atoms with Gasteiger partial charge in [-0.25, -0.2) is 4.39 Å². The summed E-state index contributed by atoms with van der Waals surface area (Å²) in [5.74, 6) is 0.190. The molecule has 0 spiro atoms. The number of nitrogens with two attached hydrogens (primary N) is 1. The Hall–Kier alpha value is -2.56. The minimum Gasteiger partial charge on any atom is -0.456 e. The van der Waals surface area contributed by atoms with E-state index in [1.165, 1.54) is 25.2 Å². The van der Waals surface area contributed by atoms with Gasteiger partial charge in [0.1, 0.15) is 17.3 Å². The fourth-order valence-electron chi connectivity index (χ4n) is 1.79. The monoisotopic (exact) mass is 274 g/mol. The van der Waals surface area contributed by atoms with E-state index in [1.54, 1.807) is 25.1 Å². The summed E-state index contributed by atoms with van der Waals surface area (Å²) in [4.78, 5) is 11.8. The molecule has 2 rings (SSSR count). The summed E-state index contributed by atoms with van der Waals surface area (Å²) in [6, 6.07) is 8.95. The van der Waals surface area contributed by atoms with Gasteiger partial charge in [-0.05, 0) is 42.8 Å². The molecule has 5 heteroatoms. The average molecular weight is 274 g/mol. The van der Waals surface area contributed by atoms with Crippen LogP contribution in [0.2, 0.25) is 0 Å². The van der Waals surface area contributed by atoms with Gasteiger partial charge in [0, 0.05) is 18.8 Å². The zero-order valence-corrected chi connectivity index (χ0v) is 11.2. The Balaban J connectivity index is 2.41. The van der Waals surface area contributed by atoms with Gasteiger partial charge in [-0.3, -0.25) is 4.79 Å². The normalized spacial score (nSPS) is 10.2. The Morgan fingerprint density at radius 2 is 1.95 bits per heavy atom. The summed E-state index contributed by atoms with van der Waals surface area (Å²) >= 11 is 0. The highest BCUT2D eigenvalue weighted by Gasteiger charge is 2.13. The van der Waals surface area contributed by atoms with E-state index in [9.17, 15) is 9.18 Å². The number of anilines is 1. The van der Waals surface area contributed by atoms with Crippen LogP contribution in [0.1, 0.15) is 15.9 Å². The molecular formula is C15H15FN2O2. The number of ether oxygens (including phenoxy) is 1. The molecule has 0 saturated heterocycles. The SMILES string of the molecule is CNC(=O)c1ccc(N)cc1Oc1ccc(F)cc1C. The van der Waals surface area contributed by atoms with E-state index < -0.39 is 0 Å². The van der Waals surface area contributed by atoms with Gasteiger partial charge in [-0.2, -0.15) is 0 Å². The predicted molar refractivity (Wildman–Crippen MR) is 75.5 cm³/mol. The summed E-state index contributed by atoms with van der Waals surface area (Å²) in [7, 11) is 1.53. The highest BCUT2D eigenvalue weighted by molar-refractivity contribution is 5.97. The van der Waals surface area contributed by atoms with Crippen LogP contribution < -0.4 is 15.8 Å². The molecule has 0 fully saturated rings. The van der Waals surface area contributed by atoms with Crippen LogP contribution >= 0.6 is 0 Å². The number of hydrogen-bond acceptors (Lipinski definition) is 3. The van der Waals surface area contributed by atoms with Gasteiger partial charge in [0.15, 0.2) is 0 Å². The second kappa shape index (κ2) is 5.61.